The van der Waals surface area contributed by atoms with Gasteiger partial charge in [-0.3, -0.25) is 9.59 Å². The zero-order chi connectivity index (χ0) is 21.6. The molecule has 0 aliphatic rings. The van der Waals surface area contributed by atoms with Crippen LogP contribution in [0.1, 0.15) is 33.3 Å². The smallest absolute Gasteiger partial charge is 0.270 e. The number of rotatable bonds is 6. The maximum atomic E-state index is 13.5. The molecule has 0 fully saturated rings. The molecule has 2 aromatic rings. The lowest BCUT2D eigenvalue weighted by molar-refractivity contribution is -0.126. The van der Waals surface area contributed by atoms with Gasteiger partial charge < -0.3 is 15.5 Å². The first-order chi connectivity index (χ1) is 13.6. The average molecular weight is 403 g/mol. The Bertz CT molecular complexity index is 906. The van der Waals surface area contributed by atoms with Crippen molar-refractivity contribution in [3.05, 3.63) is 59.7 Å². The minimum atomic E-state index is -0.969. The second-order valence-corrected chi connectivity index (χ2v) is 7.41. The third kappa shape index (κ3) is 6.67. The topological polar surface area (TPSA) is 79.8 Å². The quantitative estimate of drug-likeness (QED) is 0.560. The van der Waals surface area contributed by atoms with Crippen LogP contribution in [0.4, 0.5) is 20.2 Å². The second-order valence-electron chi connectivity index (χ2n) is 7.41. The lowest BCUT2D eigenvalue weighted by Crippen LogP contribution is -2.26. The third-order valence-electron chi connectivity index (χ3n) is 3.97. The van der Waals surface area contributed by atoms with Gasteiger partial charge in [-0.05, 0) is 42.2 Å². The summed E-state index contributed by atoms with van der Waals surface area (Å²) in [7, 11) is 0. The van der Waals surface area contributed by atoms with Crippen molar-refractivity contribution in [3.8, 4) is 0 Å². The van der Waals surface area contributed by atoms with E-state index in [9.17, 15) is 18.4 Å². The Labute approximate surface area is 167 Å². The van der Waals surface area contributed by atoms with Gasteiger partial charge >= 0.3 is 0 Å². The van der Waals surface area contributed by atoms with Crippen LogP contribution < -0.4 is 10.6 Å². The van der Waals surface area contributed by atoms with Crippen molar-refractivity contribution in [2.24, 2.45) is 5.16 Å². The van der Waals surface area contributed by atoms with E-state index in [0.29, 0.717) is 11.8 Å². The van der Waals surface area contributed by atoms with Crippen molar-refractivity contribution in [1.29, 1.82) is 0 Å². The largest absolute Gasteiger partial charge is 0.383 e. The summed E-state index contributed by atoms with van der Waals surface area (Å²) in [5.74, 6) is -2.92. The zero-order valence-corrected chi connectivity index (χ0v) is 16.6. The summed E-state index contributed by atoms with van der Waals surface area (Å²) in [6.45, 7) is 7.74. The highest BCUT2D eigenvalue weighted by Crippen LogP contribution is 2.23. The van der Waals surface area contributed by atoms with Gasteiger partial charge in [-0.1, -0.05) is 38.1 Å². The number of oxime groups is 1. The van der Waals surface area contributed by atoms with Crippen LogP contribution in [0.2, 0.25) is 0 Å². The maximum absolute atomic E-state index is 13.5. The predicted octanol–water partition coefficient (Wildman–Crippen LogP) is 4.23. The molecule has 8 heteroatoms. The fourth-order valence-corrected chi connectivity index (χ4v) is 2.27. The molecule has 6 nitrogen and oxygen atoms in total. The van der Waals surface area contributed by atoms with Crippen LogP contribution in [0.5, 0.6) is 0 Å². The molecule has 0 aromatic heterocycles. The van der Waals surface area contributed by atoms with Gasteiger partial charge in [0.05, 0.1) is 5.69 Å². The molecule has 1 atom stereocenters. The van der Waals surface area contributed by atoms with Gasteiger partial charge in [0.15, 0.2) is 0 Å². The first-order valence-corrected chi connectivity index (χ1v) is 8.93. The van der Waals surface area contributed by atoms with E-state index in [1.165, 1.54) is 6.92 Å². The molecule has 29 heavy (non-hydrogen) atoms. The Morgan fingerprint density at radius 2 is 1.72 bits per heavy atom. The normalized spacial score (nSPS) is 12.5. The molecule has 0 saturated carbocycles. The molecule has 2 rings (SSSR count). The number of amides is 2. The number of anilines is 2. The number of benzene rings is 2. The minimum absolute atomic E-state index is 0.00502. The fraction of sp³-hybridized carbons (Fsp3) is 0.286. The van der Waals surface area contributed by atoms with Crippen molar-refractivity contribution in [2.75, 3.05) is 10.6 Å². The van der Waals surface area contributed by atoms with Crippen molar-refractivity contribution in [1.82, 2.24) is 0 Å². The van der Waals surface area contributed by atoms with Gasteiger partial charge in [0, 0.05) is 11.8 Å². The highest BCUT2D eigenvalue weighted by molar-refractivity contribution is 6.31. The molecular formula is C21H23F2N3O3. The molecule has 0 spiro atoms. The summed E-state index contributed by atoms with van der Waals surface area (Å²) in [4.78, 5) is 28.8. The predicted molar refractivity (Wildman–Crippen MR) is 108 cm³/mol. The van der Waals surface area contributed by atoms with E-state index in [-0.39, 0.29) is 11.1 Å². The average Bonchev–Trinajstić information content (AvgIpc) is 2.63. The fourth-order valence-electron chi connectivity index (χ4n) is 2.27. The van der Waals surface area contributed by atoms with E-state index >= 15 is 0 Å². The summed E-state index contributed by atoms with van der Waals surface area (Å²) in [6, 6.07) is 10.2. The Morgan fingerprint density at radius 1 is 1.07 bits per heavy atom. The first-order valence-electron chi connectivity index (χ1n) is 8.93. The number of carbonyl (C=O) groups excluding carboxylic acids is 2. The van der Waals surface area contributed by atoms with Gasteiger partial charge in [-0.2, -0.15) is 0 Å². The van der Waals surface area contributed by atoms with Crippen LogP contribution >= 0.6 is 0 Å². The Hall–Kier alpha value is -3.29. The number of carbonyl (C=O) groups is 2. The molecule has 2 N–H and O–H groups in total. The highest BCUT2D eigenvalue weighted by atomic mass is 19.1. The summed E-state index contributed by atoms with van der Waals surface area (Å²) < 4.78 is 26.3. The van der Waals surface area contributed by atoms with Gasteiger partial charge in [0.25, 0.3) is 11.8 Å². The van der Waals surface area contributed by atoms with E-state index < -0.39 is 29.6 Å². The molecule has 0 aliphatic heterocycles. The molecule has 2 amide bonds. The van der Waals surface area contributed by atoms with Crippen LogP contribution in [0, 0.1) is 11.6 Å². The third-order valence-corrected chi connectivity index (χ3v) is 3.97. The van der Waals surface area contributed by atoms with Gasteiger partial charge in [-0.25, -0.2) is 8.78 Å². The summed E-state index contributed by atoms with van der Waals surface area (Å²) in [5, 5.41) is 8.30. The van der Waals surface area contributed by atoms with E-state index in [2.05, 4.69) is 36.6 Å². The molecule has 0 heterocycles. The lowest BCUT2D eigenvalue weighted by Gasteiger charge is -2.19. The minimum Gasteiger partial charge on any atom is -0.383 e. The zero-order valence-electron chi connectivity index (χ0n) is 16.6. The van der Waals surface area contributed by atoms with Crippen LogP contribution in [-0.4, -0.2) is 24.1 Å². The summed E-state index contributed by atoms with van der Waals surface area (Å²) in [5.41, 5.74) is 1.54. The number of hydrogen-bond donors (Lipinski definition) is 2. The van der Waals surface area contributed by atoms with Gasteiger partial charge in [0.2, 0.25) is 6.10 Å². The highest BCUT2D eigenvalue weighted by Gasteiger charge is 2.16. The number of hydrogen-bond acceptors (Lipinski definition) is 4. The first kappa shape index (κ1) is 22.0. The molecule has 0 saturated heterocycles. The van der Waals surface area contributed by atoms with Gasteiger partial charge in [0.1, 0.15) is 17.8 Å². The maximum Gasteiger partial charge on any atom is 0.270 e. The number of nitrogens with zero attached hydrogens (tertiary/aromatic N) is 1. The molecule has 2 aromatic carbocycles. The lowest BCUT2D eigenvalue weighted by atomic mass is 9.87. The molecule has 0 radical (unpaired) electrons. The van der Waals surface area contributed by atoms with Gasteiger partial charge in [-0.15, -0.1) is 0 Å². The Kier molecular flexibility index (Phi) is 7.03. The van der Waals surface area contributed by atoms with Crippen molar-refractivity contribution in [3.63, 3.8) is 0 Å². The van der Waals surface area contributed by atoms with E-state index in [1.54, 1.807) is 12.1 Å². The molecule has 0 bridgehead atoms. The molecular weight excluding hydrogens is 380 g/mol. The standard InChI is InChI=1S/C21H23F2N3O3/c1-13(20(28)25-16-8-5-14(6-9-16)21(2,3)4)29-24-12-19(27)26-18-10-7-15(22)11-17(18)23/h5-13H,1-4H3,(H,25,28)(H,26,27)/b24-12+. The molecule has 0 aliphatic carbocycles. The second kappa shape index (κ2) is 9.27. The monoisotopic (exact) mass is 403 g/mol. The SMILES string of the molecule is CC(O/N=C/C(=O)Nc1ccc(F)cc1F)C(=O)Nc1ccc(C(C)(C)C)cc1. The Morgan fingerprint density at radius 3 is 2.31 bits per heavy atom. The van der Waals surface area contributed by atoms with Crippen molar-refractivity contribution >= 4 is 29.4 Å². The van der Waals surface area contributed by atoms with Crippen molar-refractivity contribution < 1.29 is 23.2 Å². The molecule has 154 valence electrons. The van der Waals surface area contributed by atoms with Crippen LogP contribution in [0.25, 0.3) is 0 Å². The number of nitrogens with one attached hydrogen (secondary N) is 2. The Balaban J connectivity index is 1.85. The van der Waals surface area contributed by atoms with Crippen LogP contribution in [0.3, 0.4) is 0 Å². The van der Waals surface area contributed by atoms with Crippen LogP contribution in [0.15, 0.2) is 47.6 Å². The van der Waals surface area contributed by atoms with E-state index in [0.717, 1.165) is 23.9 Å². The van der Waals surface area contributed by atoms with Crippen molar-refractivity contribution in [2.45, 2.75) is 39.2 Å². The molecule has 1 unspecified atom stereocenters. The summed E-state index contributed by atoms with van der Waals surface area (Å²) in [6.07, 6.45) is -0.214. The van der Waals surface area contributed by atoms with Crippen LogP contribution in [-0.2, 0) is 19.8 Å². The van der Waals surface area contributed by atoms with E-state index in [1.807, 2.05) is 12.1 Å². The van der Waals surface area contributed by atoms with E-state index in [4.69, 9.17) is 4.84 Å². The number of halogens is 2. The summed E-state index contributed by atoms with van der Waals surface area (Å²) >= 11 is 0.